The van der Waals surface area contributed by atoms with E-state index in [-0.39, 0.29) is 23.5 Å². The Kier molecular flexibility index (Phi) is 5.82. The number of unbranched alkanes of at least 4 members (excludes halogenated alkanes) is 1. The van der Waals surface area contributed by atoms with Crippen molar-refractivity contribution >= 4 is 17.3 Å². The smallest absolute Gasteiger partial charge is 0.387 e. The van der Waals surface area contributed by atoms with Crippen molar-refractivity contribution in [1.82, 2.24) is 0 Å². The van der Waals surface area contributed by atoms with Crippen LogP contribution in [0.15, 0.2) is 18.2 Å². The van der Waals surface area contributed by atoms with Gasteiger partial charge < -0.3 is 10.1 Å². The highest BCUT2D eigenvalue weighted by Gasteiger charge is 2.16. The van der Waals surface area contributed by atoms with Crippen molar-refractivity contribution in [3.05, 3.63) is 28.3 Å². The van der Waals surface area contributed by atoms with Crippen LogP contribution in [0, 0.1) is 10.1 Å². The van der Waals surface area contributed by atoms with E-state index >= 15 is 0 Å². The van der Waals surface area contributed by atoms with Crippen LogP contribution in [-0.2, 0) is 4.79 Å². The maximum Gasteiger partial charge on any atom is 0.387 e. The summed E-state index contributed by atoms with van der Waals surface area (Å²) in [4.78, 5) is 21.5. The molecule has 1 rings (SSSR count). The van der Waals surface area contributed by atoms with Crippen LogP contribution in [0.5, 0.6) is 5.75 Å². The van der Waals surface area contributed by atoms with Gasteiger partial charge in [0.05, 0.1) is 10.6 Å². The minimum atomic E-state index is -3.08. The number of amides is 1. The summed E-state index contributed by atoms with van der Waals surface area (Å²) in [6.45, 7) is -1.19. The number of non-ortho nitro benzene ring substituents is 1. The SMILES string of the molecule is CCCCC(=O)Nc1cc([N+](=O)[O-])ccc1OC(F)F. The monoisotopic (exact) mass is 288 g/mol. The number of nitro groups is 1. The van der Waals surface area contributed by atoms with Crippen molar-refractivity contribution in [2.24, 2.45) is 0 Å². The minimum absolute atomic E-state index is 0.138. The maximum absolute atomic E-state index is 12.2. The quantitative estimate of drug-likeness (QED) is 0.616. The van der Waals surface area contributed by atoms with E-state index in [1.54, 1.807) is 0 Å². The molecule has 0 spiro atoms. The van der Waals surface area contributed by atoms with E-state index in [4.69, 9.17) is 0 Å². The van der Waals surface area contributed by atoms with Gasteiger partial charge in [-0.2, -0.15) is 8.78 Å². The average Bonchev–Trinajstić information content (AvgIpc) is 2.37. The van der Waals surface area contributed by atoms with Crippen LogP contribution in [0.1, 0.15) is 26.2 Å². The van der Waals surface area contributed by atoms with Crippen LogP contribution in [0.25, 0.3) is 0 Å². The highest BCUT2D eigenvalue weighted by atomic mass is 19.3. The molecule has 0 aliphatic heterocycles. The number of alkyl halides is 2. The zero-order valence-electron chi connectivity index (χ0n) is 10.8. The second kappa shape index (κ2) is 7.37. The molecule has 0 saturated carbocycles. The van der Waals surface area contributed by atoms with Crippen LogP contribution < -0.4 is 10.1 Å². The molecule has 0 radical (unpaired) electrons. The number of carbonyl (C=O) groups is 1. The zero-order chi connectivity index (χ0) is 15.1. The molecule has 0 saturated heterocycles. The first-order valence-corrected chi connectivity index (χ1v) is 5.97. The zero-order valence-corrected chi connectivity index (χ0v) is 10.8. The first-order valence-electron chi connectivity index (χ1n) is 5.97. The molecule has 6 nitrogen and oxygen atoms in total. The van der Waals surface area contributed by atoms with Crippen molar-refractivity contribution in [2.75, 3.05) is 5.32 Å². The molecule has 1 aromatic rings. The summed E-state index contributed by atoms with van der Waals surface area (Å²) in [7, 11) is 0. The normalized spacial score (nSPS) is 10.4. The number of benzene rings is 1. The summed E-state index contributed by atoms with van der Waals surface area (Å²) >= 11 is 0. The summed E-state index contributed by atoms with van der Waals surface area (Å²) in [6, 6.07) is 3.04. The summed E-state index contributed by atoms with van der Waals surface area (Å²) in [5, 5.41) is 13.0. The van der Waals surface area contributed by atoms with Gasteiger partial charge in [0.1, 0.15) is 5.75 Å². The first-order chi connectivity index (χ1) is 9.43. The second-order valence-corrected chi connectivity index (χ2v) is 3.97. The Balaban J connectivity index is 2.95. The molecule has 0 heterocycles. The van der Waals surface area contributed by atoms with Crippen molar-refractivity contribution in [3.63, 3.8) is 0 Å². The third-order valence-corrected chi connectivity index (χ3v) is 2.42. The number of hydrogen-bond donors (Lipinski definition) is 1. The Bertz CT molecular complexity index is 494. The number of anilines is 1. The fourth-order valence-electron chi connectivity index (χ4n) is 1.48. The van der Waals surface area contributed by atoms with E-state index in [1.807, 2.05) is 6.92 Å². The molecule has 20 heavy (non-hydrogen) atoms. The Morgan fingerprint density at radius 2 is 2.20 bits per heavy atom. The molecule has 0 bridgehead atoms. The van der Waals surface area contributed by atoms with E-state index in [0.29, 0.717) is 6.42 Å². The summed E-state index contributed by atoms with van der Waals surface area (Å²) in [5.41, 5.74) is -0.460. The summed E-state index contributed by atoms with van der Waals surface area (Å²) < 4.78 is 28.7. The molecule has 110 valence electrons. The van der Waals surface area contributed by atoms with Gasteiger partial charge in [-0.3, -0.25) is 14.9 Å². The number of nitrogens with one attached hydrogen (secondary N) is 1. The first kappa shape index (κ1) is 15.8. The predicted octanol–water partition coefficient (Wildman–Crippen LogP) is 3.32. The predicted molar refractivity (Wildman–Crippen MR) is 67.9 cm³/mol. The third kappa shape index (κ3) is 4.79. The van der Waals surface area contributed by atoms with Gasteiger partial charge in [-0.1, -0.05) is 13.3 Å². The van der Waals surface area contributed by atoms with Crippen molar-refractivity contribution in [1.29, 1.82) is 0 Å². The number of carbonyl (C=O) groups excluding carboxylic acids is 1. The Morgan fingerprint density at radius 1 is 1.50 bits per heavy atom. The lowest BCUT2D eigenvalue weighted by Gasteiger charge is -2.11. The molecule has 0 aromatic heterocycles. The van der Waals surface area contributed by atoms with Crippen molar-refractivity contribution in [2.45, 2.75) is 32.8 Å². The van der Waals surface area contributed by atoms with Crippen LogP contribution in [0.4, 0.5) is 20.2 Å². The van der Waals surface area contributed by atoms with E-state index in [0.717, 1.165) is 24.6 Å². The number of rotatable bonds is 7. The third-order valence-electron chi connectivity index (χ3n) is 2.42. The molecule has 1 amide bonds. The van der Waals surface area contributed by atoms with Crippen LogP contribution in [-0.4, -0.2) is 17.4 Å². The number of nitro benzene ring substituents is 1. The fraction of sp³-hybridized carbons (Fsp3) is 0.417. The van der Waals surface area contributed by atoms with Crippen LogP contribution in [0.2, 0.25) is 0 Å². The van der Waals surface area contributed by atoms with Gasteiger partial charge in [0.25, 0.3) is 5.69 Å². The van der Waals surface area contributed by atoms with Gasteiger partial charge in [-0.15, -0.1) is 0 Å². The average molecular weight is 288 g/mol. The highest BCUT2D eigenvalue weighted by Crippen LogP contribution is 2.30. The number of ether oxygens (including phenoxy) is 1. The maximum atomic E-state index is 12.2. The number of halogens is 2. The fourth-order valence-corrected chi connectivity index (χ4v) is 1.48. The van der Waals surface area contributed by atoms with Crippen molar-refractivity contribution in [3.8, 4) is 5.75 Å². The highest BCUT2D eigenvalue weighted by molar-refractivity contribution is 5.92. The van der Waals surface area contributed by atoms with Crippen LogP contribution in [0.3, 0.4) is 0 Å². The number of nitrogens with zero attached hydrogens (tertiary/aromatic N) is 1. The standard InChI is InChI=1S/C12H14F2N2O4/c1-2-3-4-11(17)15-9-7-8(16(18)19)5-6-10(9)20-12(13)14/h5-7,12H,2-4H2,1H3,(H,15,17). The minimum Gasteiger partial charge on any atom is -0.433 e. The molecule has 0 aliphatic carbocycles. The Hall–Kier alpha value is -2.25. The lowest BCUT2D eigenvalue weighted by atomic mass is 10.2. The largest absolute Gasteiger partial charge is 0.433 e. The molecule has 8 heteroatoms. The van der Waals surface area contributed by atoms with Gasteiger partial charge in [0.15, 0.2) is 0 Å². The van der Waals surface area contributed by atoms with Gasteiger partial charge >= 0.3 is 6.61 Å². The summed E-state index contributed by atoms with van der Waals surface area (Å²) in [6.07, 6.45) is 1.63. The van der Waals surface area contributed by atoms with E-state index in [1.165, 1.54) is 0 Å². The Labute approximate surface area is 113 Å². The molecule has 0 atom stereocenters. The lowest BCUT2D eigenvalue weighted by Crippen LogP contribution is -2.13. The van der Waals surface area contributed by atoms with Crippen LogP contribution >= 0.6 is 0 Å². The molecular weight excluding hydrogens is 274 g/mol. The van der Waals surface area contributed by atoms with E-state index in [2.05, 4.69) is 10.1 Å². The van der Waals surface area contributed by atoms with E-state index < -0.39 is 17.4 Å². The molecule has 0 unspecified atom stereocenters. The van der Waals surface area contributed by atoms with Gasteiger partial charge in [-0.05, 0) is 12.5 Å². The van der Waals surface area contributed by atoms with Gasteiger partial charge in [-0.25, -0.2) is 0 Å². The number of hydrogen-bond acceptors (Lipinski definition) is 4. The van der Waals surface area contributed by atoms with E-state index in [9.17, 15) is 23.7 Å². The molecule has 1 aromatic carbocycles. The molecular formula is C12H14F2N2O4. The molecule has 0 aliphatic rings. The molecule has 1 N–H and O–H groups in total. The Morgan fingerprint density at radius 3 is 2.75 bits per heavy atom. The topological polar surface area (TPSA) is 81.5 Å². The second-order valence-electron chi connectivity index (χ2n) is 3.97. The van der Waals surface area contributed by atoms with Gasteiger partial charge in [0.2, 0.25) is 5.91 Å². The summed E-state index contributed by atoms with van der Waals surface area (Å²) in [5.74, 6) is -0.720. The lowest BCUT2D eigenvalue weighted by molar-refractivity contribution is -0.384. The molecule has 0 fully saturated rings. The van der Waals surface area contributed by atoms with Crippen molar-refractivity contribution < 1.29 is 23.2 Å². The van der Waals surface area contributed by atoms with Gasteiger partial charge in [0, 0.05) is 18.6 Å².